The molecule has 0 saturated carbocycles. The van der Waals surface area contributed by atoms with Crippen molar-refractivity contribution in [3.05, 3.63) is 191 Å². The molecule has 2 heterocycles. The quantitative estimate of drug-likeness (QED) is 0.147. The van der Waals surface area contributed by atoms with Crippen LogP contribution in [0, 0.1) is 19.8 Å². The van der Waals surface area contributed by atoms with Crippen molar-refractivity contribution in [3.8, 4) is 78.6 Å². The maximum absolute atomic E-state index is 12.6. The number of para-hydroxylation sites is 1. The molecule has 4 nitrogen and oxygen atoms in total. The van der Waals surface area contributed by atoms with E-state index in [4.69, 9.17) is 20.9 Å². The second-order valence-electron chi connectivity index (χ2n) is 20.5. The zero-order valence-electron chi connectivity index (χ0n) is 49.0. The van der Waals surface area contributed by atoms with Crippen molar-refractivity contribution in [2.24, 2.45) is 0 Å². The van der Waals surface area contributed by atoms with Gasteiger partial charge in [0.2, 0.25) is 0 Å². The van der Waals surface area contributed by atoms with Crippen LogP contribution in [-0.2, 0) is 31.9 Å². The van der Waals surface area contributed by atoms with E-state index in [0.29, 0.717) is 72.7 Å². The molecule has 352 valence electrons. The molecule has 9 rings (SSSR count). The number of imidazole rings is 1. The minimum absolute atomic E-state index is 0. The van der Waals surface area contributed by atoms with E-state index in [9.17, 15) is 5.11 Å². The van der Waals surface area contributed by atoms with Crippen LogP contribution >= 0.6 is 0 Å². The first-order chi connectivity index (χ1) is 35.4. The third kappa shape index (κ3) is 9.93. The van der Waals surface area contributed by atoms with E-state index >= 15 is 0 Å². The Labute approximate surface area is 436 Å². The molecule has 0 amide bonds. The number of rotatable bonds is 9. The number of hydrogen-bond acceptors (Lipinski definition) is 3. The molecular weight excluding hydrogens is 1020 g/mol. The summed E-state index contributed by atoms with van der Waals surface area (Å²) in [6, 6.07) is 49.6. The van der Waals surface area contributed by atoms with Crippen LogP contribution in [0.5, 0.6) is 5.75 Å². The minimum atomic E-state index is -2.64. The number of aryl methyl sites for hydroxylation is 2. The largest absolute Gasteiger partial charge is 0.507 e. The van der Waals surface area contributed by atoms with Crippen molar-refractivity contribution in [1.29, 1.82) is 0 Å². The maximum atomic E-state index is 12.6. The van der Waals surface area contributed by atoms with Gasteiger partial charge < -0.3 is 5.11 Å². The molecular formula is C64H64N3OPt-. The molecule has 0 saturated heterocycles. The Morgan fingerprint density at radius 2 is 1.25 bits per heavy atom. The standard InChI is InChI=1S/C64H64N3O.Pt/c1-39(2)47-30-48(40(3)4)32-50(31-47)45-25-26-58(42(6)29-45)67-59-20-16-19-54(60(59)66-62(67)55-37-53(63(7,8)9)38-56(61(55)68)64(10,11)12)51-33-49(43-17-14-13-15-18-43)34-52(35-51)57-36-46(27-28-65-57)44-23-21-41(5)22-24-44;/h13-34,36-40,68H,1-12H3;/q-1;/i5D3,6D3,39D,40D;. The van der Waals surface area contributed by atoms with Gasteiger partial charge in [0.05, 0.1) is 22.3 Å². The molecule has 2 aromatic heterocycles. The van der Waals surface area contributed by atoms with Crippen molar-refractivity contribution >= 4 is 11.0 Å². The SMILES string of the molecule is [2H]C([2H])([2H])c1ccc(-c2ccnc(-c3[c-]c(-c4cccc5c4nc(-c4cc(C(C)(C)C)cc(C(C)(C)C)c4O)n5-c4ccc(-c5cc(C([2H])(C)C)cc(C([2H])(C)C)c5)cc4C([2H])([2H])[2H])cc(-c4ccccc4)c3)c2)cc1.[Pt]. The summed E-state index contributed by atoms with van der Waals surface area (Å²) in [6.45, 7) is 14.9. The van der Waals surface area contributed by atoms with Crippen LogP contribution in [0.1, 0.15) is 125 Å². The number of phenols is 1. The Morgan fingerprint density at radius 1 is 0.594 bits per heavy atom. The summed E-state index contributed by atoms with van der Waals surface area (Å²) in [5, 5.41) is 12.6. The molecule has 0 atom stereocenters. The molecule has 0 radical (unpaired) electrons. The minimum Gasteiger partial charge on any atom is -0.507 e. The molecule has 0 spiro atoms. The van der Waals surface area contributed by atoms with Gasteiger partial charge in [-0.05, 0) is 117 Å². The number of fused-ring (bicyclic) bond motifs is 1. The zero-order chi connectivity index (χ0) is 55.1. The molecule has 9 aromatic rings. The fourth-order valence-corrected chi connectivity index (χ4v) is 8.90. The molecule has 1 N–H and O–H groups in total. The summed E-state index contributed by atoms with van der Waals surface area (Å²) in [5.74, 6) is -1.58. The molecule has 5 heteroatoms. The van der Waals surface area contributed by atoms with Gasteiger partial charge in [0, 0.05) is 49.5 Å². The van der Waals surface area contributed by atoms with E-state index < -0.39 is 30.9 Å². The van der Waals surface area contributed by atoms with Gasteiger partial charge in [0.25, 0.3) is 0 Å². The number of aromatic hydroxyl groups is 1. The average Bonchev–Trinajstić information content (AvgIpc) is 3.74. The van der Waals surface area contributed by atoms with Gasteiger partial charge in [-0.15, -0.1) is 23.8 Å². The number of aromatic nitrogens is 3. The first kappa shape index (κ1) is 39.5. The summed E-state index contributed by atoms with van der Waals surface area (Å²) >= 11 is 0. The fourth-order valence-electron chi connectivity index (χ4n) is 8.90. The normalized spacial score (nSPS) is 14.3. The summed E-state index contributed by atoms with van der Waals surface area (Å²) in [6.07, 6.45) is 1.74. The van der Waals surface area contributed by atoms with Crippen molar-refractivity contribution < 1.29 is 37.1 Å². The Bertz CT molecular complexity index is 3630. The second-order valence-corrected chi connectivity index (χ2v) is 20.5. The molecule has 7 aromatic carbocycles. The Hall–Kier alpha value is -6.35. The van der Waals surface area contributed by atoms with E-state index in [1.54, 1.807) is 52.1 Å². The summed E-state index contributed by atoms with van der Waals surface area (Å²) < 4.78 is 70.9. The third-order valence-electron chi connectivity index (χ3n) is 12.9. The predicted octanol–water partition coefficient (Wildman–Crippen LogP) is 17.4. The van der Waals surface area contributed by atoms with Crippen LogP contribution in [-0.4, -0.2) is 19.6 Å². The van der Waals surface area contributed by atoms with Gasteiger partial charge >= 0.3 is 0 Å². The van der Waals surface area contributed by atoms with Gasteiger partial charge in [-0.1, -0.05) is 195 Å². The van der Waals surface area contributed by atoms with Crippen LogP contribution in [0.4, 0.5) is 0 Å². The fraction of sp³-hybridized carbons (Fsp3) is 0.250. The van der Waals surface area contributed by atoms with Gasteiger partial charge in [-0.2, -0.15) is 0 Å². The van der Waals surface area contributed by atoms with E-state index in [-0.39, 0.29) is 43.4 Å². The first-order valence-electron chi connectivity index (χ1n) is 27.3. The van der Waals surface area contributed by atoms with Crippen LogP contribution in [0.25, 0.3) is 83.9 Å². The molecule has 0 unspecified atom stereocenters. The van der Waals surface area contributed by atoms with Crippen LogP contribution in [0.2, 0.25) is 0 Å². The number of nitrogens with zero attached hydrogens (tertiary/aromatic N) is 3. The third-order valence-corrected chi connectivity index (χ3v) is 12.9. The molecule has 69 heavy (non-hydrogen) atoms. The number of phenolic OH excluding ortho intramolecular Hbond substituents is 1. The topological polar surface area (TPSA) is 50.9 Å². The Morgan fingerprint density at radius 3 is 1.90 bits per heavy atom. The summed E-state index contributed by atoms with van der Waals surface area (Å²) in [5.41, 5.74) is 12.2. The number of hydrogen-bond donors (Lipinski definition) is 1. The monoisotopic (exact) mass is 1090 g/mol. The van der Waals surface area contributed by atoms with Crippen LogP contribution in [0.15, 0.2) is 152 Å². The molecule has 0 aliphatic heterocycles. The summed E-state index contributed by atoms with van der Waals surface area (Å²) in [7, 11) is 0. The van der Waals surface area contributed by atoms with Crippen molar-refractivity contribution in [1.82, 2.24) is 14.5 Å². The maximum Gasteiger partial charge on any atom is 0.148 e. The first-order valence-corrected chi connectivity index (χ1v) is 23.3. The number of pyridine rings is 1. The van der Waals surface area contributed by atoms with Crippen molar-refractivity contribution in [3.63, 3.8) is 0 Å². The number of benzene rings is 7. The zero-order valence-corrected chi connectivity index (χ0v) is 43.3. The van der Waals surface area contributed by atoms with E-state index in [0.717, 1.165) is 33.4 Å². The van der Waals surface area contributed by atoms with Gasteiger partial charge in [0.15, 0.2) is 0 Å². The predicted molar refractivity (Wildman–Crippen MR) is 287 cm³/mol. The van der Waals surface area contributed by atoms with E-state index in [2.05, 4.69) is 65.8 Å². The van der Waals surface area contributed by atoms with Crippen molar-refractivity contribution in [2.75, 3.05) is 0 Å². The van der Waals surface area contributed by atoms with Crippen LogP contribution in [0.3, 0.4) is 0 Å². The second kappa shape index (κ2) is 19.2. The molecule has 0 fully saturated rings. The van der Waals surface area contributed by atoms with E-state index in [1.165, 1.54) is 0 Å². The van der Waals surface area contributed by atoms with Gasteiger partial charge in [0.1, 0.15) is 11.6 Å². The molecule has 0 aliphatic carbocycles. The van der Waals surface area contributed by atoms with Gasteiger partial charge in [-0.25, -0.2) is 4.98 Å². The molecule has 0 bridgehead atoms. The average molecular weight is 1090 g/mol. The smallest absolute Gasteiger partial charge is 0.148 e. The van der Waals surface area contributed by atoms with Crippen molar-refractivity contribution in [2.45, 2.75) is 106 Å². The van der Waals surface area contributed by atoms with Crippen LogP contribution < -0.4 is 0 Å². The summed E-state index contributed by atoms with van der Waals surface area (Å²) in [4.78, 5) is 10.4. The Balaban J connectivity index is 0.00000784. The van der Waals surface area contributed by atoms with E-state index in [1.807, 2.05) is 114 Å². The van der Waals surface area contributed by atoms with Gasteiger partial charge in [-0.3, -0.25) is 9.55 Å². The Kier molecular flexibility index (Phi) is 11.0. The molecule has 0 aliphatic rings.